The van der Waals surface area contributed by atoms with Gasteiger partial charge >= 0.3 is 0 Å². The van der Waals surface area contributed by atoms with E-state index < -0.39 is 0 Å². The normalized spacial score (nSPS) is 21.9. The molecule has 0 aromatic carbocycles. The number of fused-ring (bicyclic) bond motifs is 1. The van der Waals surface area contributed by atoms with Crippen LogP contribution in [0.25, 0.3) is 0 Å². The second kappa shape index (κ2) is 5.40. The third-order valence-electron chi connectivity index (χ3n) is 4.45. The minimum absolute atomic E-state index is 0.0653. The maximum absolute atomic E-state index is 11.4. The van der Waals surface area contributed by atoms with Gasteiger partial charge in [0.1, 0.15) is 5.82 Å². The van der Waals surface area contributed by atoms with Crippen molar-refractivity contribution in [2.75, 3.05) is 18.0 Å². The van der Waals surface area contributed by atoms with Gasteiger partial charge in [-0.3, -0.25) is 4.79 Å². The molecule has 1 amide bonds. The molecule has 0 radical (unpaired) electrons. The number of hydrogen-bond acceptors (Lipinski definition) is 4. The first kappa shape index (κ1) is 13.4. The molecule has 1 aromatic rings. The molecule has 3 rings (SSSR count). The van der Waals surface area contributed by atoms with Crippen molar-refractivity contribution in [2.45, 2.75) is 38.6 Å². The van der Waals surface area contributed by atoms with Gasteiger partial charge in [0.25, 0.3) is 0 Å². The summed E-state index contributed by atoms with van der Waals surface area (Å²) in [5, 5.41) is 0. The van der Waals surface area contributed by atoms with Crippen LogP contribution in [0.3, 0.4) is 0 Å². The number of primary amides is 1. The highest BCUT2D eigenvalue weighted by Crippen LogP contribution is 2.29. The van der Waals surface area contributed by atoms with E-state index in [2.05, 4.69) is 11.0 Å². The Hall–Kier alpha value is -1.62. The van der Waals surface area contributed by atoms with Crippen molar-refractivity contribution in [1.82, 2.24) is 4.98 Å². The summed E-state index contributed by atoms with van der Waals surface area (Å²) >= 11 is 0. The fourth-order valence-electron chi connectivity index (χ4n) is 3.33. The maximum atomic E-state index is 11.4. The number of aromatic nitrogens is 1. The van der Waals surface area contributed by atoms with Crippen LogP contribution in [0.5, 0.6) is 0 Å². The third kappa shape index (κ3) is 2.38. The highest BCUT2D eigenvalue weighted by Gasteiger charge is 2.27. The van der Waals surface area contributed by atoms with Gasteiger partial charge in [0.05, 0.1) is 5.92 Å². The van der Waals surface area contributed by atoms with Gasteiger partial charge in [0.2, 0.25) is 5.91 Å². The summed E-state index contributed by atoms with van der Waals surface area (Å²) < 4.78 is 0. The standard InChI is InChI=1S/C15H22N4O/c16-8-12-7-10-3-1-5-13(10)18-15(12)19-6-2-4-11(9-19)14(17)20/h7,11H,1-6,8-9,16H2,(H2,17,20). The van der Waals surface area contributed by atoms with E-state index in [9.17, 15) is 4.79 Å². The Bertz CT molecular complexity index is 529. The van der Waals surface area contributed by atoms with Crippen molar-refractivity contribution >= 4 is 11.7 Å². The molecular formula is C15H22N4O. The number of carbonyl (C=O) groups excluding carboxylic acids is 1. The molecule has 0 bridgehead atoms. The van der Waals surface area contributed by atoms with Crippen LogP contribution in [-0.2, 0) is 24.2 Å². The largest absolute Gasteiger partial charge is 0.369 e. The van der Waals surface area contributed by atoms with Gasteiger partial charge in [0.15, 0.2) is 0 Å². The Morgan fingerprint density at radius 1 is 1.40 bits per heavy atom. The lowest BCUT2D eigenvalue weighted by Gasteiger charge is -2.33. The first-order chi connectivity index (χ1) is 9.69. The molecule has 108 valence electrons. The van der Waals surface area contributed by atoms with Gasteiger partial charge in [-0.2, -0.15) is 0 Å². The molecule has 1 aromatic heterocycles. The summed E-state index contributed by atoms with van der Waals surface area (Å²) in [6, 6.07) is 2.21. The van der Waals surface area contributed by atoms with E-state index in [1.54, 1.807) is 0 Å². The van der Waals surface area contributed by atoms with Crippen molar-refractivity contribution in [3.05, 3.63) is 22.9 Å². The zero-order valence-corrected chi connectivity index (χ0v) is 11.8. The Morgan fingerprint density at radius 3 is 3.00 bits per heavy atom. The van der Waals surface area contributed by atoms with E-state index in [4.69, 9.17) is 16.5 Å². The lowest BCUT2D eigenvalue weighted by molar-refractivity contribution is -0.122. The fourth-order valence-corrected chi connectivity index (χ4v) is 3.33. The van der Waals surface area contributed by atoms with Crippen molar-refractivity contribution in [2.24, 2.45) is 17.4 Å². The van der Waals surface area contributed by atoms with E-state index >= 15 is 0 Å². The molecule has 20 heavy (non-hydrogen) atoms. The third-order valence-corrected chi connectivity index (χ3v) is 4.45. The molecule has 0 spiro atoms. The predicted octanol–water partition coefficient (Wildman–Crippen LogP) is 0.731. The van der Waals surface area contributed by atoms with E-state index in [1.165, 1.54) is 17.7 Å². The minimum Gasteiger partial charge on any atom is -0.369 e. The van der Waals surface area contributed by atoms with Crippen LogP contribution in [-0.4, -0.2) is 24.0 Å². The summed E-state index contributed by atoms with van der Waals surface area (Å²) in [4.78, 5) is 18.5. The van der Waals surface area contributed by atoms with Crippen molar-refractivity contribution in [3.8, 4) is 0 Å². The van der Waals surface area contributed by atoms with E-state index in [1.807, 2.05) is 0 Å². The van der Waals surface area contributed by atoms with E-state index in [0.717, 1.165) is 43.6 Å². The van der Waals surface area contributed by atoms with Crippen LogP contribution in [0.1, 0.15) is 36.1 Å². The molecule has 0 saturated carbocycles. The number of carbonyl (C=O) groups is 1. The molecule has 1 fully saturated rings. The van der Waals surface area contributed by atoms with Crippen molar-refractivity contribution < 1.29 is 4.79 Å². The first-order valence-electron chi connectivity index (χ1n) is 7.45. The molecular weight excluding hydrogens is 252 g/mol. The van der Waals surface area contributed by atoms with Crippen LogP contribution in [0, 0.1) is 5.92 Å². The highest BCUT2D eigenvalue weighted by atomic mass is 16.1. The number of rotatable bonds is 3. The molecule has 1 aliphatic carbocycles. The number of nitrogens with two attached hydrogens (primary N) is 2. The van der Waals surface area contributed by atoms with Crippen LogP contribution >= 0.6 is 0 Å². The SMILES string of the molecule is NCc1cc2c(nc1N1CCCC(C(N)=O)C1)CCC2. The van der Waals surface area contributed by atoms with Gasteiger partial charge in [-0.15, -0.1) is 0 Å². The number of pyridine rings is 1. The zero-order valence-electron chi connectivity index (χ0n) is 11.8. The average Bonchev–Trinajstić information content (AvgIpc) is 2.93. The molecule has 1 aliphatic heterocycles. The molecule has 4 N–H and O–H groups in total. The number of anilines is 1. The summed E-state index contributed by atoms with van der Waals surface area (Å²) in [5.41, 5.74) is 15.0. The summed E-state index contributed by atoms with van der Waals surface area (Å²) in [7, 11) is 0. The van der Waals surface area contributed by atoms with Gasteiger partial charge in [-0.05, 0) is 43.7 Å². The monoisotopic (exact) mass is 274 g/mol. The van der Waals surface area contributed by atoms with Crippen LogP contribution in [0.4, 0.5) is 5.82 Å². The lowest BCUT2D eigenvalue weighted by atomic mass is 9.97. The molecule has 1 atom stereocenters. The van der Waals surface area contributed by atoms with E-state index in [-0.39, 0.29) is 11.8 Å². The number of amides is 1. The summed E-state index contributed by atoms with van der Waals surface area (Å²) in [6.07, 6.45) is 5.21. The fraction of sp³-hybridized carbons (Fsp3) is 0.600. The Labute approximate surface area is 119 Å². The second-order valence-corrected chi connectivity index (χ2v) is 5.82. The Kier molecular flexibility index (Phi) is 3.61. The smallest absolute Gasteiger partial charge is 0.222 e. The van der Waals surface area contributed by atoms with Gasteiger partial charge in [-0.1, -0.05) is 0 Å². The van der Waals surface area contributed by atoms with Crippen molar-refractivity contribution in [3.63, 3.8) is 0 Å². The van der Waals surface area contributed by atoms with Gasteiger partial charge in [-0.25, -0.2) is 4.98 Å². The highest BCUT2D eigenvalue weighted by molar-refractivity contribution is 5.77. The second-order valence-electron chi connectivity index (χ2n) is 5.82. The molecule has 5 nitrogen and oxygen atoms in total. The topological polar surface area (TPSA) is 85.2 Å². The number of aryl methyl sites for hydroxylation is 2. The lowest BCUT2D eigenvalue weighted by Crippen LogP contribution is -2.42. The Balaban J connectivity index is 1.90. The average molecular weight is 274 g/mol. The number of piperidine rings is 1. The Morgan fingerprint density at radius 2 is 2.25 bits per heavy atom. The predicted molar refractivity (Wildman–Crippen MR) is 78.3 cm³/mol. The van der Waals surface area contributed by atoms with Crippen LogP contribution in [0.15, 0.2) is 6.07 Å². The molecule has 1 unspecified atom stereocenters. The maximum Gasteiger partial charge on any atom is 0.222 e. The molecule has 5 heteroatoms. The summed E-state index contributed by atoms with van der Waals surface area (Å²) in [5.74, 6) is 0.702. The number of hydrogen-bond donors (Lipinski definition) is 2. The molecule has 1 saturated heterocycles. The zero-order chi connectivity index (χ0) is 14.1. The van der Waals surface area contributed by atoms with Gasteiger partial charge < -0.3 is 16.4 Å². The molecule has 2 aliphatic rings. The first-order valence-corrected chi connectivity index (χ1v) is 7.45. The van der Waals surface area contributed by atoms with Crippen LogP contribution in [0.2, 0.25) is 0 Å². The number of nitrogens with zero attached hydrogens (tertiary/aromatic N) is 2. The molecule has 2 heterocycles. The van der Waals surface area contributed by atoms with Crippen molar-refractivity contribution in [1.29, 1.82) is 0 Å². The minimum atomic E-state index is -0.204. The van der Waals surface area contributed by atoms with Crippen LogP contribution < -0.4 is 16.4 Å². The van der Waals surface area contributed by atoms with Gasteiger partial charge in [0, 0.05) is 30.9 Å². The quantitative estimate of drug-likeness (QED) is 0.851. The summed E-state index contributed by atoms with van der Waals surface area (Å²) in [6.45, 7) is 2.10. The van der Waals surface area contributed by atoms with E-state index in [0.29, 0.717) is 13.1 Å².